The molecule has 0 aliphatic carbocycles. The molecule has 0 unspecified atom stereocenters. The molecule has 4 heteroatoms. The minimum absolute atomic E-state index is 0.898. The van der Waals surface area contributed by atoms with Gasteiger partial charge in [0.2, 0.25) is 0 Å². The van der Waals surface area contributed by atoms with Crippen molar-refractivity contribution < 1.29 is 0 Å². The lowest BCUT2D eigenvalue weighted by atomic mass is 9.90. The van der Waals surface area contributed by atoms with E-state index in [-0.39, 0.29) is 0 Å². The Morgan fingerprint density at radius 2 is 0.661 bits per heavy atom. The molecule has 0 atom stereocenters. The molecule has 0 bridgehead atoms. The predicted octanol–water partition coefficient (Wildman–Crippen LogP) is 13.2. The molecular formula is C52H34N4. The minimum Gasteiger partial charge on any atom is -0.264 e. The van der Waals surface area contributed by atoms with E-state index in [1.165, 1.54) is 27.1 Å². The van der Waals surface area contributed by atoms with E-state index < -0.39 is 0 Å². The number of hydrogen-bond donors (Lipinski definition) is 0. The van der Waals surface area contributed by atoms with Crippen LogP contribution in [0.4, 0.5) is 0 Å². The molecule has 4 heterocycles. The van der Waals surface area contributed by atoms with Gasteiger partial charge in [0.1, 0.15) is 0 Å². The van der Waals surface area contributed by atoms with Gasteiger partial charge < -0.3 is 0 Å². The SMILES string of the molecule is c1cncc(-c2cccc(-c3cccc(-c4cc(-c5cccc(-c6cccc(-c7cccnc7)n6)c5)cc(-c5ccc6ccc7ccccc7c6c5)c4)c3)n2)c1. The zero-order chi connectivity index (χ0) is 37.3. The van der Waals surface area contributed by atoms with Crippen LogP contribution in [-0.2, 0) is 0 Å². The van der Waals surface area contributed by atoms with Crippen LogP contribution in [0.15, 0.2) is 207 Å². The number of pyridine rings is 4. The van der Waals surface area contributed by atoms with E-state index in [1.54, 1.807) is 12.4 Å². The highest BCUT2D eigenvalue weighted by molar-refractivity contribution is 6.08. The largest absolute Gasteiger partial charge is 0.264 e. The van der Waals surface area contributed by atoms with E-state index in [0.717, 1.165) is 72.8 Å². The van der Waals surface area contributed by atoms with E-state index in [4.69, 9.17) is 9.97 Å². The zero-order valence-electron chi connectivity index (χ0n) is 30.4. The summed E-state index contributed by atoms with van der Waals surface area (Å²) in [6.07, 6.45) is 7.28. The van der Waals surface area contributed by atoms with Gasteiger partial charge in [0.05, 0.1) is 22.8 Å². The first-order valence-corrected chi connectivity index (χ1v) is 18.8. The van der Waals surface area contributed by atoms with Crippen molar-refractivity contribution in [3.05, 3.63) is 207 Å². The van der Waals surface area contributed by atoms with Crippen molar-refractivity contribution in [1.29, 1.82) is 0 Å². The molecule has 262 valence electrons. The van der Waals surface area contributed by atoms with Crippen LogP contribution >= 0.6 is 0 Å². The van der Waals surface area contributed by atoms with Crippen molar-refractivity contribution in [1.82, 2.24) is 19.9 Å². The highest BCUT2D eigenvalue weighted by atomic mass is 14.7. The maximum absolute atomic E-state index is 5.05. The fourth-order valence-electron chi connectivity index (χ4n) is 7.57. The summed E-state index contributed by atoms with van der Waals surface area (Å²) in [4.78, 5) is 18.7. The van der Waals surface area contributed by atoms with Gasteiger partial charge in [-0.15, -0.1) is 0 Å². The Kier molecular flexibility index (Phi) is 8.47. The maximum atomic E-state index is 5.05. The van der Waals surface area contributed by atoms with Gasteiger partial charge in [-0.2, -0.15) is 0 Å². The van der Waals surface area contributed by atoms with Crippen LogP contribution in [-0.4, -0.2) is 19.9 Å². The van der Waals surface area contributed by atoms with Gasteiger partial charge in [0, 0.05) is 47.0 Å². The standard InChI is InChI=1S/C52H34N4/c1-2-16-47-35(9-1)21-22-36-23-24-39(32-48(36)47)46-30-44(37-10-3-12-40(27-37)49-17-5-19-51(55-49)42-14-7-25-53-33-42)29-45(31-46)38-11-4-13-41(28-38)50-18-6-20-52(56-50)43-15-8-26-54-34-43/h1-34H. The molecule has 10 aromatic rings. The molecule has 0 radical (unpaired) electrons. The summed E-state index contributed by atoms with van der Waals surface area (Å²) < 4.78 is 0. The van der Waals surface area contributed by atoms with Gasteiger partial charge in [-0.1, -0.05) is 97.1 Å². The van der Waals surface area contributed by atoms with Crippen LogP contribution in [0, 0.1) is 0 Å². The van der Waals surface area contributed by atoms with Gasteiger partial charge in [-0.3, -0.25) is 9.97 Å². The summed E-state index contributed by atoms with van der Waals surface area (Å²) in [5, 5.41) is 4.97. The summed E-state index contributed by atoms with van der Waals surface area (Å²) in [7, 11) is 0. The van der Waals surface area contributed by atoms with Crippen molar-refractivity contribution in [2.75, 3.05) is 0 Å². The highest BCUT2D eigenvalue weighted by Gasteiger charge is 2.13. The second-order valence-corrected chi connectivity index (χ2v) is 14.0. The topological polar surface area (TPSA) is 51.6 Å². The number of aromatic nitrogens is 4. The van der Waals surface area contributed by atoms with Crippen LogP contribution in [0.2, 0.25) is 0 Å². The Bertz CT molecular complexity index is 2880. The molecule has 6 aromatic carbocycles. The lowest BCUT2D eigenvalue weighted by Crippen LogP contribution is -1.91. The first-order chi connectivity index (χ1) is 27.7. The molecule has 0 saturated carbocycles. The van der Waals surface area contributed by atoms with E-state index in [1.807, 2.05) is 48.8 Å². The molecule has 0 fully saturated rings. The molecule has 0 spiro atoms. The van der Waals surface area contributed by atoms with Gasteiger partial charge in [0.25, 0.3) is 0 Å². The first-order valence-electron chi connectivity index (χ1n) is 18.8. The molecule has 0 N–H and O–H groups in total. The summed E-state index contributed by atoms with van der Waals surface area (Å²) in [6, 6.07) is 64.5. The number of rotatable bonds is 7. The Hall–Kier alpha value is -7.56. The zero-order valence-corrected chi connectivity index (χ0v) is 30.4. The summed E-state index contributed by atoms with van der Waals surface area (Å²) in [5.74, 6) is 0. The third-order valence-corrected chi connectivity index (χ3v) is 10.4. The fraction of sp³-hybridized carbons (Fsp3) is 0. The van der Waals surface area contributed by atoms with E-state index in [0.29, 0.717) is 0 Å². The second-order valence-electron chi connectivity index (χ2n) is 14.0. The van der Waals surface area contributed by atoms with Crippen LogP contribution in [0.1, 0.15) is 0 Å². The van der Waals surface area contributed by atoms with Crippen molar-refractivity contribution in [3.63, 3.8) is 0 Å². The highest BCUT2D eigenvalue weighted by Crippen LogP contribution is 2.37. The predicted molar refractivity (Wildman–Crippen MR) is 231 cm³/mol. The average Bonchev–Trinajstić information content (AvgIpc) is 3.29. The lowest BCUT2D eigenvalue weighted by molar-refractivity contribution is 1.28. The van der Waals surface area contributed by atoms with Crippen molar-refractivity contribution in [3.8, 4) is 78.4 Å². The summed E-state index contributed by atoms with van der Waals surface area (Å²) >= 11 is 0. The molecule has 0 aliphatic rings. The normalized spacial score (nSPS) is 11.2. The molecule has 4 aromatic heterocycles. The lowest BCUT2D eigenvalue weighted by Gasteiger charge is -2.14. The van der Waals surface area contributed by atoms with Crippen molar-refractivity contribution in [2.24, 2.45) is 0 Å². The number of fused-ring (bicyclic) bond motifs is 3. The molecule has 0 amide bonds. The van der Waals surface area contributed by atoms with Crippen LogP contribution < -0.4 is 0 Å². The van der Waals surface area contributed by atoms with Crippen molar-refractivity contribution in [2.45, 2.75) is 0 Å². The van der Waals surface area contributed by atoms with Gasteiger partial charge in [0.15, 0.2) is 0 Å². The Morgan fingerprint density at radius 1 is 0.250 bits per heavy atom. The third kappa shape index (κ3) is 6.50. The molecular weight excluding hydrogens is 681 g/mol. The Labute approximate surface area is 325 Å². The number of benzene rings is 6. The van der Waals surface area contributed by atoms with E-state index in [2.05, 4.69) is 156 Å². The van der Waals surface area contributed by atoms with E-state index >= 15 is 0 Å². The number of hydrogen-bond acceptors (Lipinski definition) is 4. The average molecular weight is 715 g/mol. The molecule has 10 rings (SSSR count). The maximum Gasteiger partial charge on any atom is 0.0725 e. The summed E-state index contributed by atoms with van der Waals surface area (Å²) in [5.41, 5.74) is 14.5. The molecule has 4 nitrogen and oxygen atoms in total. The van der Waals surface area contributed by atoms with Crippen LogP contribution in [0.5, 0.6) is 0 Å². The Morgan fingerprint density at radius 3 is 1.20 bits per heavy atom. The second kappa shape index (κ2) is 14.3. The monoisotopic (exact) mass is 714 g/mol. The van der Waals surface area contributed by atoms with Gasteiger partial charge in [-0.05, 0) is 140 Å². The van der Waals surface area contributed by atoms with E-state index in [9.17, 15) is 0 Å². The molecule has 0 aliphatic heterocycles. The van der Waals surface area contributed by atoms with Crippen molar-refractivity contribution >= 4 is 21.5 Å². The Balaban J connectivity index is 1.11. The summed E-state index contributed by atoms with van der Waals surface area (Å²) in [6.45, 7) is 0. The van der Waals surface area contributed by atoms with Gasteiger partial charge in [-0.25, -0.2) is 9.97 Å². The first kappa shape index (κ1) is 33.0. The van der Waals surface area contributed by atoms with Crippen LogP contribution in [0.3, 0.4) is 0 Å². The molecule has 56 heavy (non-hydrogen) atoms. The fourth-order valence-corrected chi connectivity index (χ4v) is 7.57. The van der Waals surface area contributed by atoms with Gasteiger partial charge >= 0.3 is 0 Å². The number of nitrogens with zero attached hydrogens (tertiary/aromatic N) is 4. The smallest absolute Gasteiger partial charge is 0.0725 e. The third-order valence-electron chi connectivity index (χ3n) is 10.4. The van der Waals surface area contributed by atoms with Crippen LogP contribution in [0.25, 0.3) is 100.0 Å². The quantitative estimate of drug-likeness (QED) is 0.154. The molecule has 0 saturated heterocycles. The minimum atomic E-state index is 0.898.